The number of piperidine rings is 1. The lowest BCUT2D eigenvalue weighted by atomic mass is 9.96. The second-order valence-electron chi connectivity index (χ2n) is 9.32. The minimum Gasteiger partial charge on any atom is -0.366 e. The average Bonchev–Trinajstić information content (AvgIpc) is 3.17. The number of carbonyl (C=O) groups is 3. The van der Waals surface area contributed by atoms with E-state index in [0.29, 0.717) is 23.2 Å². The number of pyridine rings is 2. The normalized spacial score (nSPS) is 20.6. The molecule has 2 saturated heterocycles. The van der Waals surface area contributed by atoms with Gasteiger partial charge in [0.05, 0.1) is 5.56 Å². The number of carbonyl (C=O) groups excluding carboxylic acids is 3. The molecule has 2 atom stereocenters. The van der Waals surface area contributed by atoms with E-state index in [1.54, 1.807) is 42.9 Å². The zero-order valence-corrected chi connectivity index (χ0v) is 19.8. The van der Waals surface area contributed by atoms with E-state index in [1.165, 1.54) is 0 Å². The Bertz CT molecular complexity index is 1230. The van der Waals surface area contributed by atoms with Gasteiger partial charge in [0, 0.05) is 54.4 Å². The summed E-state index contributed by atoms with van der Waals surface area (Å²) in [4.78, 5) is 47.5. The summed E-state index contributed by atoms with van der Waals surface area (Å²) in [6.45, 7) is 0.410. The number of rotatable bonds is 7. The summed E-state index contributed by atoms with van der Waals surface area (Å²) in [6.07, 6.45) is 8.79. The molecule has 4 N–H and O–H groups in total. The number of fused-ring (bicyclic) bond motifs is 2. The maximum Gasteiger partial charge on any atom is 0.253 e. The Labute approximate surface area is 209 Å². The summed E-state index contributed by atoms with van der Waals surface area (Å²) in [7, 11) is 0. The van der Waals surface area contributed by atoms with Crippen LogP contribution in [-0.2, 0) is 6.54 Å². The predicted molar refractivity (Wildman–Crippen MR) is 134 cm³/mol. The molecule has 184 valence electrons. The minimum absolute atomic E-state index is 0.0691. The van der Waals surface area contributed by atoms with Gasteiger partial charge in [0.2, 0.25) is 5.91 Å². The summed E-state index contributed by atoms with van der Waals surface area (Å²) in [5.41, 5.74) is 7.61. The third kappa shape index (κ3) is 5.05. The molecule has 3 amide bonds. The summed E-state index contributed by atoms with van der Waals surface area (Å²) in [5, 5.41) is 6.04. The molecule has 1 aromatic carbocycles. The second-order valence-corrected chi connectivity index (χ2v) is 9.32. The highest BCUT2D eigenvalue weighted by molar-refractivity contribution is 5.97. The van der Waals surface area contributed by atoms with Crippen molar-refractivity contribution in [1.29, 1.82) is 0 Å². The fourth-order valence-electron chi connectivity index (χ4n) is 5.18. The fraction of sp³-hybridized carbons (Fsp3) is 0.296. The van der Waals surface area contributed by atoms with Crippen LogP contribution in [0.3, 0.4) is 0 Å². The van der Waals surface area contributed by atoms with Crippen molar-refractivity contribution in [3.63, 3.8) is 0 Å². The number of primary amides is 1. The van der Waals surface area contributed by atoms with Crippen LogP contribution in [0, 0.1) is 0 Å². The molecule has 2 aromatic heterocycles. The molecule has 2 aliphatic rings. The van der Waals surface area contributed by atoms with Gasteiger partial charge in [-0.25, -0.2) is 4.98 Å². The van der Waals surface area contributed by atoms with E-state index in [0.717, 1.165) is 37.1 Å². The van der Waals surface area contributed by atoms with Crippen molar-refractivity contribution >= 4 is 23.5 Å². The Balaban J connectivity index is 1.18. The number of nitrogens with two attached hydrogens (primary N) is 1. The monoisotopic (exact) mass is 484 g/mol. The predicted octanol–water partition coefficient (Wildman–Crippen LogP) is 2.44. The van der Waals surface area contributed by atoms with Gasteiger partial charge in [0.25, 0.3) is 11.8 Å². The van der Waals surface area contributed by atoms with Crippen molar-refractivity contribution in [3.8, 4) is 0 Å². The van der Waals surface area contributed by atoms with E-state index in [4.69, 9.17) is 5.73 Å². The molecule has 3 aromatic rings. The van der Waals surface area contributed by atoms with Crippen LogP contribution in [0.1, 0.15) is 62.3 Å². The Morgan fingerprint density at radius 3 is 2.19 bits per heavy atom. The molecule has 2 fully saturated rings. The summed E-state index contributed by atoms with van der Waals surface area (Å²) < 4.78 is 0. The Morgan fingerprint density at radius 2 is 1.58 bits per heavy atom. The lowest BCUT2D eigenvalue weighted by molar-refractivity contribution is 0.0923. The van der Waals surface area contributed by atoms with Crippen molar-refractivity contribution in [2.24, 2.45) is 5.73 Å². The number of nitrogens with zero attached hydrogens (tertiary/aromatic N) is 3. The van der Waals surface area contributed by atoms with Gasteiger partial charge in [-0.2, -0.15) is 0 Å². The van der Waals surface area contributed by atoms with E-state index in [2.05, 4.69) is 25.5 Å². The first-order valence-electron chi connectivity index (χ1n) is 12.1. The first-order valence-corrected chi connectivity index (χ1v) is 12.1. The molecule has 0 radical (unpaired) electrons. The molecule has 0 saturated carbocycles. The highest BCUT2D eigenvalue weighted by Crippen LogP contribution is 2.38. The van der Waals surface area contributed by atoms with Gasteiger partial charge in [-0.3, -0.25) is 19.4 Å². The van der Waals surface area contributed by atoms with Crippen molar-refractivity contribution in [2.75, 3.05) is 4.90 Å². The molecular formula is C27H28N6O3. The standard InChI is InChI=1S/C27H28N6O3/c28-25(34)18-3-5-19(6-4-18)27(36)32-21-12-22-8-9-23(13-21)33(22)24-10-7-20(16-30-24)26(35)31-15-17-2-1-11-29-14-17/h1-7,10-11,14,16,21-23H,8-9,12-13,15H2,(H2,28,34)(H,31,35)(H,32,36). The fourth-order valence-corrected chi connectivity index (χ4v) is 5.18. The van der Waals surface area contributed by atoms with E-state index >= 15 is 0 Å². The van der Waals surface area contributed by atoms with Crippen molar-refractivity contribution < 1.29 is 14.4 Å². The van der Waals surface area contributed by atoms with E-state index < -0.39 is 5.91 Å². The average molecular weight is 485 g/mol. The Kier molecular flexibility index (Phi) is 6.62. The zero-order chi connectivity index (χ0) is 25.1. The summed E-state index contributed by atoms with van der Waals surface area (Å²) in [6, 6.07) is 14.5. The van der Waals surface area contributed by atoms with Crippen LogP contribution in [0.15, 0.2) is 67.1 Å². The van der Waals surface area contributed by atoms with Gasteiger partial charge in [-0.1, -0.05) is 6.07 Å². The summed E-state index contributed by atoms with van der Waals surface area (Å²) in [5.74, 6) is 0.0193. The molecule has 0 aliphatic carbocycles. The van der Waals surface area contributed by atoms with E-state index in [-0.39, 0.29) is 29.9 Å². The van der Waals surface area contributed by atoms with Gasteiger partial charge in [-0.15, -0.1) is 0 Å². The highest BCUT2D eigenvalue weighted by atomic mass is 16.2. The maximum atomic E-state index is 12.7. The highest BCUT2D eigenvalue weighted by Gasteiger charge is 2.41. The SMILES string of the molecule is NC(=O)c1ccc(C(=O)NC2CC3CCC(C2)N3c2ccc(C(=O)NCc3cccnc3)cn2)cc1. The van der Waals surface area contributed by atoms with Crippen LogP contribution in [0.25, 0.3) is 0 Å². The largest absolute Gasteiger partial charge is 0.366 e. The number of nitrogens with one attached hydrogen (secondary N) is 2. The van der Waals surface area contributed by atoms with E-state index in [9.17, 15) is 14.4 Å². The maximum absolute atomic E-state index is 12.7. The number of anilines is 1. The molecule has 2 aliphatic heterocycles. The summed E-state index contributed by atoms with van der Waals surface area (Å²) >= 11 is 0. The smallest absolute Gasteiger partial charge is 0.253 e. The second kappa shape index (κ2) is 10.2. The molecule has 0 spiro atoms. The lowest BCUT2D eigenvalue weighted by Crippen LogP contribution is -2.50. The molecule has 4 heterocycles. The molecule has 2 unspecified atom stereocenters. The van der Waals surface area contributed by atoms with Crippen molar-refractivity contribution in [3.05, 3.63) is 89.4 Å². The molecule has 36 heavy (non-hydrogen) atoms. The number of benzene rings is 1. The third-order valence-corrected chi connectivity index (χ3v) is 6.95. The third-order valence-electron chi connectivity index (χ3n) is 6.95. The lowest BCUT2D eigenvalue weighted by Gasteiger charge is -2.40. The van der Waals surface area contributed by atoms with Crippen molar-refractivity contribution in [1.82, 2.24) is 20.6 Å². The van der Waals surface area contributed by atoms with Gasteiger partial charge in [-0.05, 0) is 73.7 Å². The molecule has 9 nitrogen and oxygen atoms in total. The molecule has 9 heteroatoms. The number of hydrogen-bond acceptors (Lipinski definition) is 6. The van der Waals surface area contributed by atoms with Crippen LogP contribution >= 0.6 is 0 Å². The van der Waals surface area contributed by atoms with Gasteiger partial charge >= 0.3 is 0 Å². The first-order chi connectivity index (χ1) is 17.5. The quantitative estimate of drug-likeness (QED) is 0.472. The van der Waals surface area contributed by atoms with E-state index in [1.807, 2.05) is 24.3 Å². The number of aromatic nitrogens is 2. The number of hydrogen-bond donors (Lipinski definition) is 3. The van der Waals surface area contributed by atoms with Crippen LogP contribution in [0.5, 0.6) is 0 Å². The molecule has 2 bridgehead atoms. The Morgan fingerprint density at radius 1 is 0.889 bits per heavy atom. The van der Waals surface area contributed by atoms with Gasteiger partial charge < -0.3 is 21.3 Å². The van der Waals surface area contributed by atoms with Crippen LogP contribution in [-0.4, -0.2) is 45.8 Å². The minimum atomic E-state index is -0.516. The zero-order valence-electron chi connectivity index (χ0n) is 19.8. The topological polar surface area (TPSA) is 130 Å². The van der Waals surface area contributed by atoms with Gasteiger partial charge in [0.15, 0.2) is 0 Å². The van der Waals surface area contributed by atoms with Crippen molar-refractivity contribution in [2.45, 2.75) is 50.4 Å². The first kappa shape index (κ1) is 23.5. The molecular weight excluding hydrogens is 456 g/mol. The Hall–Kier alpha value is -4.27. The van der Waals surface area contributed by atoms with Crippen LogP contribution in [0.4, 0.5) is 5.82 Å². The van der Waals surface area contributed by atoms with Crippen LogP contribution < -0.4 is 21.3 Å². The van der Waals surface area contributed by atoms with Crippen LogP contribution in [0.2, 0.25) is 0 Å². The number of amides is 3. The molecule has 5 rings (SSSR count). The van der Waals surface area contributed by atoms with Gasteiger partial charge in [0.1, 0.15) is 5.82 Å².